The van der Waals surface area contributed by atoms with Crippen LogP contribution in [-0.4, -0.2) is 21.5 Å². The summed E-state index contributed by atoms with van der Waals surface area (Å²) >= 11 is 0. The van der Waals surface area contributed by atoms with Crippen molar-refractivity contribution >= 4 is 10.0 Å². The molecule has 108 valence electrons. The number of hydrogen-bond donors (Lipinski definition) is 2. The van der Waals surface area contributed by atoms with Crippen LogP contribution in [0.25, 0.3) is 0 Å². The Morgan fingerprint density at radius 2 is 1.89 bits per heavy atom. The minimum absolute atomic E-state index is 0.139. The zero-order valence-electron chi connectivity index (χ0n) is 12.2. The average Bonchev–Trinajstić information content (AvgIpc) is 2.30. The topological polar surface area (TPSA) is 72.2 Å². The first-order chi connectivity index (χ1) is 8.68. The van der Waals surface area contributed by atoms with Crippen molar-refractivity contribution in [1.82, 2.24) is 4.72 Å². The van der Waals surface area contributed by atoms with E-state index in [-0.39, 0.29) is 5.41 Å². The van der Waals surface area contributed by atoms with Crippen molar-refractivity contribution in [1.29, 1.82) is 0 Å². The molecule has 0 bridgehead atoms. The van der Waals surface area contributed by atoms with E-state index in [0.29, 0.717) is 18.0 Å². The normalized spacial score (nSPS) is 12.7. The van der Waals surface area contributed by atoms with Crippen LogP contribution in [0.3, 0.4) is 0 Å². The van der Waals surface area contributed by atoms with E-state index >= 15 is 0 Å². The van der Waals surface area contributed by atoms with Crippen LogP contribution in [-0.2, 0) is 10.0 Å². The van der Waals surface area contributed by atoms with Crippen molar-refractivity contribution in [3.8, 4) is 0 Å². The van der Waals surface area contributed by atoms with Gasteiger partial charge in [0.25, 0.3) is 0 Å². The lowest BCUT2D eigenvalue weighted by molar-refractivity contribution is 0.340. The summed E-state index contributed by atoms with van der Waals surface area (Å²) in [6, 6.07) is 5.44. The van der Waals surface area contributed by atoms with E-state index in [2.05, 4.69) is 4.72 Å². The van der Waals surface area contributed by atoms with Gasteiger partial charge in [0.1, 0.15) is 0 Å². The van der Waals surface area contributed by atoms with Crippen molar-refractivity contribution < 1.29 is 8.42 Å². The standard InChI is InChI=1S/C14H24N2O2S/c1-11-5-6-12(2)13(9-11)19(17,18)16-10-14(3,4)7-8-15/h5-6,9,16H,7-8,10,15H2,1-4H3. The van der Waals surface area contributed by atoms with E-state index in [9.17, 15) is 8.42 Å². The third kappa shape index (κ3) is 4.60. The number of benzene rings is 1. The van der Waals surface area contributed by atoms with Gasteiger partial charge in [0.15, 0.2) is 0 Å². The van der Waals surface area contributed by atoms with E-state index in [4.69, 9.17) is 5.73 Å². The van der Waals surface area contributed by atoms with Crippen molar-refractivity contribution in [3.05, 3.63) is 29.3 Å². The second-order valence-corrected chi connectivity index (χ2v) is 7.53. The van der Waals surface area contributed by atoms with Crippen LogP contribution in [0.15, 0.2) is 23.1 Å². The monoisotopic (exact) mass is 284 g/mol. The fourth-order valence-corrected chi connectivity index (χ4v) is 3.41. The summed E-state index contributed by atoms with van der Waals surface area (Å²) in [5, 5.41) is 0. The highest BCUT2D eigenvalue weighted by Gasteiger charge is 2.22. The van der Waals surface area contributed by atoms with Gasteiger partial charge in [-0.2, -0.15) is 0 Å². The Morgan fingerprint density at radius 3 is 2.47 bits per heavy atom. The van der Waals surface area contributed by atoms with Gasteiger partial charge in [0.05, 0.1) is 4.90 Å². The molecular formula is C14H24N2O2S. The molecule has 0 saturated heterocycles. The molecule has 0 radical (unpaired) electrons. The van der Waals surface area contributed by atoms with Crippen molar-refractivity contribution in [3.63, 3.8) is 0 Å². The van der Waals surface area contributed by atoms with Gasteiger partial charge in [-0.1, -0.05) is 26.0 Å². The molecule has 5 heteroatoms. The predicted molar refractivity (Wildman–Crippen MR) is 78.6 cm³/mol. The van der Waals surface area contributed by atoms with Crippen molar-refractivity contribution in [2.45, 2.75) is 39.0 Å². The lowest BCUT2D eigenvalue weighted by Gasteiger charge is -2.24. The Morgan fingerprint density at radius 1 is 1.26 bits per heavy atom. The Balaban J connectivity index is 2.90. The van der Waals surface area contributed by atoms with Crippen LogP contribution in [0.4, 0.5) is 0 Å². The minimum atomic E-state index is -3.46. The summed E-state index contributed by atoms with van der Waals surface area (Å²) in [7, 11) is -3.46. The molecule has 0 spiro atoms. The van der Waals surface area contributed by atoms with Crippen LogP contribution in [0.2, 0.25) is 0 Å². The second kappa shape index (κ2) is 6.03. The van der Waals surface area contributed by atoms with Gasteiger partial charge in [-0.05, 0) is 49.4 Å². The minimum Gasteiger partial charge on any atom is -0.330 e. The smallest absolute Gasteiger partial charge is 0.240 e. The molecule has 0 heterocycles. The molecule has 1 aromatic rings. The number of nitrogens with two attached hydrogens (primary N) is 1. The van der Waals surface area contributed by atoms with E-state index in [1.54, 1.807) is 13.0 Å². The van der Waals surface area contributed by atoms with Crippen LogP contribution < -0.4 is 10.5 Å². The van der Waals surface area contributed by atoms with Gasteiger partial charge in [-0.3, -0.25) is 0 Å². The molecule has 0 saturated carbocycles. The average molecular weight is 284 g/mol. The third-order valence-corrected chi connectivity index (χ3v) is 4.74. The number of rotatable bonds is 6. The Bertz CT molecular complexity index is 536. The predicted octanol–water partition coefficient (Wildman–Crippen LogP) is 1.96. The summed E-state index contributed by atoms with van der Waals surface area (Å²) in [5.74, 6) is 0. The lowest BCUT2D eigenvalue weighted by Crippen LogP contribution is -2.35. The molecular weight excluding hydrogens is 260 g/mol. The van der Waals surface area contributed by atoms with Crippen LogP contribution in [0.1, 0.15) is 31.4 Å². The van der Waals surface area contributed by atoms with Gasteiger partial charge in [-0.25, -0.2) is 13.1 Å². The summed E-state index contributed by atoms with van der Waals surface area (Å²) in [5.41, 5.74) is 7.09. The molecule has 1 rings (SSSR count). The maximum atomic E-state index is 12.3. The molecule has 0 aliphatic heterocycles. The molecule has 0 aliphatic carbocycles. The van der Waals surface area contributed by atoms with Crippen molar-refractivity contribution in [2.24, 2.45) is 11.1 Å². The first-order valence-corrected chi connectivity index (χ1v) is 7.93. The summed E-state index contributed by atoms with van der Waals surface area (Å²) in [4.78, 5) is 0.357. The Labute approximate surface area is 116 Å². The molecule has 0 amide bonds. The summed E-state index contributed by atoms with van der Waals surface area (Å²) < 4.78 is 27.3. The molecule has 1 aromatic carbocycles. The number of hydrogen-bond acceptors (Lipinski definition) is 3. The summed E-state index contributed by atoms with van der Waals surface area (Å²) in [6.45, 7) is 8.64. The number of nitrogens with one attached hydrogen (secondary N) is 1. The fourth-order valence-electron chi connectivity index (χ4n) is 1.84. The molecule has 0 aliphatic rings. The summed E-state index contributed by atoms with van der Waals surface area (Å²) in [6.07, 6.45) is 0.780. The lowest BCUT2D eigenvalue weighted by atomic mass is 9.90. The highest BCUT2D eigenvalue weighted by Crippen LogP contribution is 2.21. The van der Waals surface area contributed by atoms with Crippen LogP contribution in [0, 0.1) is 19.3 Å². The first kappa shape index (κ1) is 16.1. The maximum absolute atomic E-state index is 12.3. The third-order valence-electron chi connectivity index (χ3n) is 3.20. The number of sulfonamides is 1. The fraction of sp³-hybridized carbons (Fsp3) is 0.571. The highest BCUT2D eigenvalue weighted by atomic mass is 32.2. The van der Waals surface area contributed by atoms with Crippen LogP contribution in [0.5, 0.6) is 0 Å². The first-order valence-electron chi connectivity index (χ1n) is 6.45. The molecule has 0 aromatic heterocycles. The highest BCUT2D eigenvalue weighted by molar-refractivity contribution is 7.89. The van der Waals surface area contributed by atoms with Gasteiger partial charge in [0.2, 0.25) is 10.0 Å². The SMILES string of the molecule is Cc1ccc(C)c(S(=O)(=O)NCC(C)(C)CCN)c1. The number of aryl methyl sites for hydroxylation is 2. The Hall–Kier alpha value is -0.910. The molecule has 0 atom stereocenters. The molecule has 0 unspecified atom stereocenters. The quantitative estimate of drug-likeness (QED) is 0.838. The van der Waals surface area contributed by atoms with E-state index in [1.807, 2.05) is 32.9 Å². The van der Waals surface area contributed by atoms with E-state index in [1.165, 1.54) is 0 Å². The van der Waals surface area contributed by atoms with Gasteiger partial charge in [-0.15, -0.1) is 0 Å². The Kier molecular flexibility index (Phi) is 5.12. The van der Waals surface area contributed by atoms with E-state index < -0.39 is 10.0 Å². The zero-order chi connectivity index (χ0) is 14.7. The molecule has 0 fully saturated rings. The largest absolute Gasteiger partial charge is 0.330 e. The van der Waals surface area contributed by atoms with Gasteiger partial charge >= 0.3 is 0 Å². The second-order valence-electron chi connectivity index (χ2n) is 5.80. The van der Waals surface area contributed by atoms with Gasteiger partial charge in [0, 0.05) is 6.54 Å². The van der Waals surface area contributed by atoms with Crippen LogP contribution >= 0.6 is 0 Å². The molecule has 4 nitrogen and oxygen atoms in total. The zero-order valence-corrected chi connectivity index (χ0v) is 13.0. The van der Waals surface area contributed by atoms with E-state index in [0.717, 1.165) is 17.5 Å². The molecule has 19 heavy (non-hydrogen) atoms. The van der Waals surface area contributed by atoms with Crippen molar-refractivity contribution in [2.75, 3.05) is 13.1 Å². The van der Waals surface area contributed by atoms with Gasteiger partial charge < -0.3 is 5.73 Å². The maximum Gasteiger partial charge on any atom is 0.240 e. The molecule has 3 N–H and O–H groups in total.